The van der Waals surface area contributed by atoms with Gasteiger partial charge in [0.1, 0.15) is 12.1 Å². The van der Waals surface area contributed by atoms with Gasteiger partial charge in [-0.25, -0.2) is 4.39 Å². The monoisotopic (exact) mass is 180 g/mol. The topological polar surface area (TPSA) is 17.1 Å². The van der Waals surface area contributed by atoms with Crippen LogP contribution in [0.2, 0.25) is 0 Å². The highest BCUT2D eigenvalue weighted by Crippen LogP contribution is 2.13. The third-order valence-corrected chi connectivity index (χ3v) is 1.86. The molecule has 0 N–H and O–H groups in total. The van der Waals surface area contributed by atoms with E-state index in [4.69, 9.17) is 0 Å². The second-order valence-electron chi connectivity index (χ2n) is 3.56. The fourth-order valence-corrected chi connectivity index (χ4v) is 1.31. The van der Waals surface area contributed by atoms with E-state index in [-0.39, 0.29) is 5.82 Å². The number of hydrogen-bond donors (Lipinski definition) is 0. The van der Waals surface area contributed by atoms with E-state index in [0.717, 1.165) is 18.3 Å². The van der Waals surface area contributed by atoms with Crippen molar-refractivity contribution in [3.63, 3.8) is 0 Å². The smallest absolute Gasteiger partial charge is 0.150 e. The minimum atomic E-state index is -0.277. The van der Waals surface area contributed by atoms with E-state index in [9.17, 15) is 9.18 Å². The Morgan fingerprint density at radius 2 is 2.15 bits per heavy atom. The van der Waals surface area contributed by atoms with E-state index in [1.54, 1.807) is 0 Å². The summed E-state index contributed by atoms with van der Waals surface area (Å²) in [4.78, 5) is 10.6. The molecule has 1 aromatic rings. The lowest BCUT2D eigenvalue weighted by atomic mass is 9.98. The van der Waals surface area contributed by atoms with Crippen LogP contribution in [0.5, 0.6) is 0 Å². The third kappa shape index (κ3) is 2.65. The van der Waals surface area contributed by atoms with Crippen molar-refractivity contribution in [2.24, 2.45) is 5.92 Å². The van der Waals surface area contributed by atoms with Gasteiger partial charge < -0.3 is 0 Å². The van der Waals surface area contributed by atoms with Gasteiger partial charge in [0.15, 0.2) is 0 Å². The molecule has 0 spiro atoms. The van der Waals surface area contributed by atoms with E-state index >= 15 is 0 Å². The minimum absolute atomic E-state index is 0.277. The fourth-order valence-electron chi connectivity index (χ4n) is 1.31. The van der Waals surface area contributed by atoms with Crippen LogP contribution in [0.4, 0.5) is 4.39 Å². The van der Waals surface area contributed by atoms with E-state index < -0.39 is 0 Å². The van der Waals surface area contributed by atoms with Crippen LogP contribution in [-0.2, 0) is 6.42 Å². The Kier molecular flexibility index (Phi) is 3.18. The van der Waals surface area contributed by atoms with Crippen molar-refractivity contribution in [1.82, 2.24) is 0 Å². The van der Waals surface area contributed by atoms with Crippen LogP contribution < -0.4 is 0 Å². The molecule has 1 rings (SSSR count). The second-order valence-corrected chi connectivity index (χ2v) is 3.56. The number of halogens is 1. The highest BCUT2D eigenvalue weighted by Gasteiger charge is 2.05. The Morgan fingerprint density at radius 1 is 1.46 bits per heavy atom. The molecule has 0 aliphatic rings. The molecule has 0 bridgehead atoms. The first-order valence-corrected chi connectivity index (χ1v) is 4.37. The SMILES string of the molecule is CC(C)Cc1cc(F)ccc1C=O. The third-order valence-electron chi connectivity index (χ3n) is 1.86. The standard InChI is InChI=1S/C11H13FO/c1-8(2)5-10-6-11(12)4-3-9(10)7-13/h3-4,6-8H,5H2,1-2H3. The van der Waals surface area contributed by atoms with E-state index in [0.29, 0.717) is 11.5 Å². The fraction of sp³-hybridized carbons (Fsp3) is 0.364. The minimum Gasteiger partial charge on any atom is -0.298 e. The number of carbonyl (C=O) groups is 1. The molecule has 0 radical (unpaired) electrons. The molecule has 1 aromatic carbocycles. The second kappa shape index (κ2) is 4.17. The molecular formula is C11H13FO. The van der Waals surface area contributed by atoms with Crippen LogP contribution in [-0.4, -0.2) is 6.29 Å². The van der Waals surface area contributed by atoms with E-state index in [1.165, 1.54) is 18.2 Å². The van der Waals surface area contributed by atoms with Gasteiger partial charge in [-0.05, 0) is 36.1 Å². The maximum atomic E-state index is 12.8. The van der Waals surface area contributed by atoms with Gasteiger partial charge in [0.25, 0.3) is 0 Å². The lowest BCUT2D eigenvalue weighted by molar-refractivity contribution is 0.112. The molecule has 2 heteroatoms. The molecule has 13 heavy (non-hydrogen) atoms. The first-order chi connectivity index (χ1) is 6.13. The predicted octanol–water partition coefficient (Wildman–Crippen LogP) is 2.84. The van der Waals surface area contributed by atoms with Crippen molar-refractivity contribution in [3.8, 4) is 0 Å². The van der Waals surface area contributed by atoms with Gasteiger partial charge in [-0.15, -0.1) is 0 Å². The molecule has 0 aromatic heterocycles. The quantitative estimate of drug-likeness (QED) is 0.654. The van der Waals surface area contributed by atoms with Gasteiger partial charge in [0.05, 0.1) is 0 Å². The summed E-state index contributed by atoms with van der Waals surface area (Å²) in [6.07, 6.45) is 1.52. The molecule has 0 aliphatic heterocycles. The van der Waals surface area contributed by atoms with E-state index in [2.05, 4.69) is 0 Å². The van der Waals surface area contributed by atoms with Crippen molar-refractivity contribution in [3.05, 3.63) is 35.1 Å². The molecule has 70 valence electrons. The highest BCUT2D eigenvalue weighted by molar-refractivity contribution is 5.77. The summed E-state index contributed by atoms with van der Waals surface area (Å²) >= 11 is 0. The Balaban J connectivity index is 3.01. The average molecular weight is 180 g/mol. The van der Waals surface area contributed by atoms with Crippen LogP contribution in [0.15, 0.2) is 18.2 Å². The zero-order valence-corrected chi connectivity index (χ0v) is 7.88. The van der Waals surface area contributed by atoms with Gasteiger partial charge in [0.2, 0.25) is 0 Å². The Labute approximate surface area is 77.6 Å². The zero-order valence-electron chi connectivity index (χ0n) is 7.88. The number of hydrogen-bond acceptors (Lipinski definition) is 1. The van der Waals surface area contributed by atoms with Crippen molar-refractivity contribution in [2.75, 3.05) is 0 Å². The molecular weight excluding hydrogens is 167 g/mol. The van der Waals surface area contributed by atoms with Gasteiger partial charge in [0, 0.05) is 5.56 Å². The Bertz CT molecular complexity index is 305. The summed E-state index contributed by atoms with van der Waals surface area (Å²) in [5, 5.41) is 0. The lowest BCUT2D eigenvalue weighted by Crippen LogP contribution is -1.99. The van der Waals surface area contributed by atoms with Crippen molar-refractivity contribution < 1.29 is 9.18 Å². The normalized spacial score (nSPS) is 10.5. The highest BCUT2D eigenvalue weighted by atomic mass is 19.1. The van der Waals surface area contributed by atoms with Crippen LogP contribution >= 0.6 is 0 Å². The van der Waals surface area contributed by atoms with Gasteiger partial charge in [-0.1, -0.05) is 13.8 Å². The first-order valence-electron chi connectivity index (χ1n) is 4.37. The average Bonchev–Trinajstić information content (AvgIpc) is 2.03. The molecule has 0 atom stereocenters. The largest absolute Gasteiger partial charge is 0.298 e. The van der Waals surface area contributed by atoms with Gasteiger partial charge in [-0.2, -0.15) is 0 Å². The summed E-state index contributed by atoms with van der Waals surface area (Å²) in [5.41, 5.74) is 1.39. The zero-order chi connectivity index (χ0) is 9.84. The number of benzene rings is 1. The summed E-state index contributed by atoms with van der Waals surface area (Å²) in [6, 6.07) is 4.28. The molecule has 0 amide bonds. The molecule has 0 fully saturated rings. The molecule has 0 unspecified atom stereocenters. The van der Waals surface area contributed by atoms with Crippen molar-refractivity contribution in [1.29, 1.82) is 0 Å². The van der Waals surface area contributed by atoms with Crippen LogP contribution in [0.1, 0.15) is 29.8 Å². The van der Waals surface area contributed by atoms with Crippen molar-refractivity contribution in [2.45, 2.75) is 20.3 Å². The maximum Gasteiger partial charge on any atom is 0.150 e. The number of carbonyl (C=O) groups excluding carboxylic acids is 1. The molecule has 0 saturated heterocycles. The molecule has 0 aliphatic carbocycles. The van der Waals surface area contributed by atoms with Crippen LogP contribution in [0, 0.1) is 11.7 Å². The summed E-state index contributed by atoms with van der Waals surface area (Å²) in [6.45, 7) is 4.08. The van der Waals surface area contributed by atoms with Crippen molar-refractivity contribution >= 4 is 6.29 Å². The summed E-state index contributed by atoms with van der Waals surface area (Å²) < 4.78 is 12.8. The summed E-state index contributed by atoms with van der Waals surface area (Å²) in [5.74, 6) is 0.154. The van der Waals surface area contributed by atoms with Gasteiger partial charge in [-0.3, -0.25) is 4.79 Å². The molecule has 0 heterocycles. The van der Waals surface area contributed by atoms with Crippen LogP contribution in [0.3, 0.4) is 0 Å². The van der Waals surface area contributed by atoms with Gasteiger partial charge >= 0.3 is 0 Å². The number of aldehydes is 1. The lowest BCUT2D eigenvalue weighted by Gasteiger charge is -2.07. The Hall–Kier alpha value is -1.18. The Morgan fingerprint density at radius 3 is 2.69 bits per heavy atom. The maximum absolute atomic E-state index is 12.8. The molecule has 1 nitrogen and oxygen atoms in total. The first kappa shape index (κ1) is 9.90. The van der Waals surface area contributed by atoms with Crippen LogP contribution in [0.25, 0.3) is 0 Å². The summed E-state index contributed by atoms with van der Waals surface area (Å²) in [7, 11) is 0. The number of rotatable bonds is 3. The van der Waals surface area contributed by atoms with E-state index in [1.807, 2.05) is 13.8 Å². The predicted molar refractivity (Wildman–Crippen MR) is 50.3 cm³/mol. The molecule has 0 saturated carbocycles.